The van der Waals surface area contributed by atoms with Crippen LogP contribution in [0.2, 0.25) is 0 Å². The van der Waals surface area contributed by atoms with Gasteiger partial charge in [0.25, 0.3) is 0 Å². The number of halogens is 1. The van der Waals surface area contributed by atoms with Gasteiger partial charge in [-0.2, -0.15) is 14.9 Å². The Balaban J connectivity index is 1.69. The van der Waals surface area contributed by atoms with Gasteiger partial charge in [0, 0.05) is 6.42 Å². The smallest absolute Gasteiger partial charge is 0.343 e. The number of H-pyrrole nitrogens is 1. The molecule has 0 aliphatic carbocycles. The van der Waals surface area contributed by atoms with Gasteiger partial charge in [-0.05, 0) is 66.3 Å². The molecule has 6 nitrogen and oxygen atoms in total. The van der Waals surface area contributed by atoms with E-state index in [0.717, 1.165) is 11.4 Å². The molecule has 1 N–H and O–H groups in total. The van der Waals surface area contributed by atoms with Crippen LogP contribution >= 0.6 is 12.2 Å². The molecule has 2 aromatic carbocycles. The van der Waals surface area contributed by atoms with Crippen molar-refractivity contribution in [3.05, 3.63) is 76.1 Å². The zero-order valence-corrected chi connectivity index (χ0v) is 14.7. The lowest BCUT2D eigenvalue weighted by atomic mass is 10.2. The maximum absolute atomic E-state index is 12.9. The fourth-order valence-corrected chi connectivity index (χ4v) is 2.37. The van der Waals surface area contributed by atoms with Crippen molar-refractivity contribution in [2.45, 2.75) is 13.3 Å². The van der Waals surface area contributed by atoms with E-state index < -0.39 is 11.8 Å². The van der Waals surface area contributed by atoms with E-state index in [1.54, 1.807) is 35.2 Å². The number of carbonyl (C=O) groups is 1. The Morgan fingerprint density at radius 2 is 1.96 bits per heavy atom. The van der Waals surface area contributed by atoms with Gasteiger partial charge in [0.1, 0.15) is 11.6 Å². The summed E-state index contributed by atoms with van der Waals surface area (Å²) in [6.45, 7) is 1.96. The molecule has 0 amide bonds. The predicted octanol–water partition coefficient (Wildman–Crippen LogP) is 3.74. The summed E-state index contributed by atoms with van der Waals surface area (Å²) in [5, 5.41) is 11.1. The molecule has 3 aromatic rings. The van der Waals surface area contributed by atoms with Crippen LogP contribution in [0.15, 0.2) is 53.6 Å². The van der Waals surface area contributed by atoms with Gasteiger partial charge in [-0.3, -0.25) is 5.10 Å². The van der Waals surface area contributed by atoms with Crippen LogP contribution in [0.4, 0.5) is 4.39 Å². The molecule has 132 valence electrons. The molecule has 26 heavy (non-hydrogen) atoms. The lowest BCUT2D eigenvalue weighted by Gasteiger charge is -2.04. The van der Waals surface area contributed by atoms with Gasteiger partial charge in [-0.15, -0.1) is 0 Å². The molecule has 1 aromatic heterocycles. The molecule has 1 heterocycles. The van der Waals surface area contributed by atoms with Gasteiger partial charge in [-0.25, -0.2) is 9.18 Å². The lowest BCUT2D eigenvalue weighted by molar-refractivity contribution is 0.0734. The maximum atomic E-state index is 12.9. The Kier molecular flexibility index (Phi) is 5.33. The van der Waals surface area contributed by atoms with Gasteiger partial charge in [-0.1, -0.05) is 6.92 Å². The number of hydrogen-bond donors (Lipinski definition) is 1. The van der Waals surface area contributed by atoms with Crippen molar-refractivity contribution < 1.29 is 13.9 Å². The Bertz CT molecular complexity index is 991. The zero-order valence-electron chi connectivity index (χ0n) is 13.8. The maximum Gasteiger partial charge on any atom is 0.343 e. The number of ether oxygens (including phenoxy) is 1. The molecule has 0 aliphatic rings. The van der Waals surface area contributed by atoms with E-state index in [2.05, 4.69) is 15.3 Å². The summed E-state index contributed by atoms with van der Waals surface area (Å²) >= 11 is 5.13. The van der Waals surface area contributed by atoms with E-state index in [0.29, 0.717) is 16.9 Å². The number of hydrogen-bond acceptors (Lipinski definition) is 5. The third-order valence-electron chi connectivity index (χ3n) is 3.53. The normalized spacial score (nSPS) is 11.0. The number of carbonyl (C=O) groups excluding carboxylic acids is 1. The first-order chi connectivity index (χ1) is 12.6. The van der Waals surface area contributed by atoms with Crippen LogP contribution < -0.4 is 4.74 Å². The second-order valence-corrected chi connectivity index (χ2v) is 5.71. The minimum atomic E-state index is -0.552. The van der Waals surface area contributed by atoms with Gasteiger partial charge < -0.3 is 4.74 Å². The summed E-state index contributed by atoms with van der Waals surface area (Å²) in [7, 11) is 0. The molecule has 0 atom stereocenters. The standard InChI is InChI=1S/C18H15FN4O2S/c1-2-16-21-22-18(26)23(16)20-11-12-3-9-15(10-4-12)25-17(24)13-5-7-14(19)8-6-13/h3-11H,2H2,1H3,(H,22,26)/b20-11+. The average Bonchev–Trinajstić information content (AvgIpc) is 3.01. The van der Waals surface area contributed by atoms with Crippen molar-refractivity contribution in [2.75, 3.05) is 0 Å². The number of aromatic amines is 1. The van der Waals surface area contributed by atoms with Crippen LogP contribution in [0, 0.1) is 10.6 Å². The molecule has 0 fully saturated rings. The lowest BCUT2D eigenvalue weighted by Crippen LogP contribution is -2.08. The fourth-order valence-electron chi connectivity index (χ4n) is 2.17. The highest BCUT2D eigenvalue weighted by Gasteiger charge is 2.08. The fraction of sp³-hybridized carbons (Fsp3) is 0.111. The molecular weight excluding hydrogens is 355 g/mol. The molecule has 0 radical (unpaired) electrons. The minimum absolute atomic E-state index is 0.276. The minimum Gasteiger partial charge on any atom is -0.423 e. The van der Waals surface area contributed by atoms with E-state index in [-0.39, 0.29) is 5.56 Å². The largest absolute Gasteiger partial charge is 0.423 e. The Morgan fingerprint density at radius 1 is 1.27 bits per heavy atom. The molecule has 0 unspecified atom stereocenters. The SMILES string of the molecule is CCc1n[nH]c(=S)n1/N=C/c1ccc(OC(=O)c2ccc(F)cc2)cc1. The summed E-state index contributed by atoms with van der Waals surface area (Å²) in [6, 6.07) is 12.0. The number of nitrogens with one attached hydrogen (secondary N) is 1. The van der Waals surface area contributed by atoms with Crippen molar-refractivity contribution in [2.24, 2.45) is 5.10 Å². The average molecular weight is 370 g/mol. The van der Waals surface area contributed by atoms with Crippen LogP contribution in [0.5, 0.6) is 5.75 Å². The van der Waals surface area contributed by atoms with Gasteiger partial charge in [0.05, 0.1) is 11.8 Å². The highest BCUT2D eigenvalue weighted by molar-refractivity contribution is 7.71. The predicted molar refractivity (Wildman–Crippen MR) is 97.6 cm³/mol. The summed E-state index contributed by atoms with van der Waals surface area (Å²) in [5.41, 5.74) is 1.08. The highest BCUT2D eigenvalue weighted by Crippen LogP contribution is 2.14. The molecule has 8 heteroatoms. The first-order valence-corrected chi connectivity index (χ1v) is 8.26. The third-order valence-corrected chi connectivity index (χ3v) is 3.79. The van der Waals surface area contributed by atoms with Gasteiger partial charge in [0.15, 0.2) is 5.82 Å². The second-order valence-electron chi connectivity index (χ2n) is 5.32. The number of nitrogens with zero attached hydrogens (tertiary/aromatic N) is 3. The van der Waals surface area contributed by atoms with Crippen molar-refractivity contribution in [1.82, 2.24) is 14.9 Å². The molecule has 0 spiro atoms. The summed E-state index contributed by atoms with van der Waals surface area (Å²) < 4.78 is 20.1. The first kappa shape index (κ1) is 17.7. The Labute approximate surface area is 153 Å². The van der Waals surface area contributed by atoms with Crippen molar-refractivity contribution >= 4 is 24.4 Å². The van der Waals surface area contributed by atoms with Gasteiger partial charge in [0.2, 0.25) is 4.77 Å². The van der Waals surface area contributed by atoms with Crippen LogP contribution in [0.3, 0.4) is 0 Å². The third kappa shape index (κ3) is 4.09. The van der Waals surface area contributed by atoms with E-state index in [1.807, 2.05) is 6.92 Å². The van der Waals surface area contributed by atoms with E-state index in [1.165, 1.54) is 24.3 Å². The van der Waals surface area contributed by atoms with Crippen molar-refractivity contribution in [3.63, 3.8) is 0 Å². The van der Waals surface area contributed by atoms with Crippen molar-refractivity contribution in [1.29, 1.82) is 0 Å². The van der Waals surface area contributed by atoms with E-state index in [4.69, 9.17) is 17.0 Å². The summed E-state index contributed by atoms with van der Waals surface area (Å²) in [5.74, 6) is 0.152. The molecular formula is C18H15FN4O2S. The van der Waals surface area contributed by atoms with Crippen LogP contribution in [0.25, 0.3) is 0 Å². The molecule has 3 rings (SSSR count). The molecule has 0 saturated heterocycles. The molecule has 0 aliphatic heterocycles. The molecule has 0 saturated carbocycles. The van der Waals surface area contributed by atoms with Crippen molar-refractivity contribution in [3.8, 4) is 5.75 Å². The topological polar surface area (TPSA) is 72.3 Å². The second kappa shape index (κ2) is 7.83. The van der Waals surface area contributed by atoms with E-state index >= 15 is 0 Å². The Morgan fingerprint density at radius 3 is 2.62 bits per heavy atom. The first-order valence-electron chi connectivity index (χ1n) is 7.85. The monoisotopic (exact) mass is 370 g/mol. The van der Waals surface area contributed by atoms with Gasteiger partial charge >= 0.3 is 5.97 Å². The molecule has 0 bridgehead atoms. The number of aromatic nitrogens is 3. The van der Waals surface area contributed by atoms with Crippen LogP contribution in [-0.2, 0) is 6.42 Å². The summed E-state index contributed by atoms with van der Waals surface area (Å²) in [6.07, 6.45) is 2.33. The van der Waals surface area contributed by atoms with E-state index in [9.17, 15) is 9.18 Å². The zero-order chi connectivity index (χ0) is 18.5. The Hall–Kier alpha value is -3.13. The number of aryl methyl sites for hydroxylation is 1. The quantitative estimate of drug-likeness (QED) is 0.321. The highest BCUT2D eigenvalue weighted by atomic mass is 32.1. The number of benzene rings is 2. The summed E-state index contributed by atoms with van der Waals surface area (Å²) in [4.78, 5) is 12.0. The van der Waals surface area contributed by atoms with Crippen LogP contribution in [-0.4, -0.2) is 27.1 Å². The number of rotatable bonds is 5. The number of esters is 1. The van der Waals surface area contributed by atoms with Crippen LogP contribution in [0.1, 0.15) is 28.7 Å².